The number of sulfonamides is 1. The summed E-state index contributed by atoms with van der Waals surface area (Å²) in [7, 11) is -3.87. The lowest BCUT2D eigenvalue weighted by Gasteiger charge is -2.09. The third-order valence-electron chi connectivity index (χ3n) is 2.83. The number of benzene rings is 1. The molecule has 0 aromatic heterocycles. The van der Waals surface area contributed by atoms with E-state index in [4.69, 9.17) is 5.73 Å². The zero-order valence-electron chi connectivity index (χ0n) is 11.6. The van der Waals surface area contributed by atoms with Crippen molar-refractivity contribution in [3.63, 3.8) is 0 Å². The van der Waals surface area contributed by atoms with Crippen LogP contribution in [-0.4, -0.2) is 27.0 Å². The van der Waals surface area contributed by atoms with Gasteiger partial charge in [-0.3, -0.25) is 0 Å². The van der Waals surface area contributed by atoms with Gasteiger partial charge in [-0.05, 0) is 37.0 Å². The van der Waals surface area contributed by atoms with Gasteiger partial charge in [0.25, 0.3) is 0 Å². The van der Waals surface area contributed by atoms with E-state index in [2.05, 4.69) is 11.0 Å². The zero-order valence-corrected chi connectivity index (χ0v) is 13.2. The molecule has 20 heavy (non-hydrogen) atoms. The molecule has 0 saturated carbocycles. The number of hydrogen-bond acceptors (Lipinski definition) is 4. The predicted molar refractivity (Wildman–Crippen MR) is 82.9 cm³/mol. The molecule has 0 spiro atoms. The largest absolute Gasteiger partial charge is 0.398 e. The monoisotopic (exact) mass is 320 g/mol. The van der Waals surface area contributed by atoms with Crippen molar-refractivity contribution < 1.29 is 12.8 Å². The highest BCUT2D eigenvalue weighted by Gasteiger charge is 2.21. The topological polar surface area (TPSA) is 72.2 Å². The Morgan fingerprint density at radius 1 is 1.25 bits per heavy atom. The molecule has 3 N–H and O–H groups in total. The van der Waals surface area contributed by atoms with Crippen LogP contribution in [0.3, 0.4) is 0 Å². The van der Waals surface area contributed by atoms with E-state index in [0.29, 0.717) is 6.54 Å². The SMILES string of the molecule is CSCCCCCCNS(=O)(=O)c1c(N)cccc1F. The third kappa shape index (κ3) is 5.30. The minimum Gasteiger partial charge on any atom is -0.398 e. The maximum atomic E-state index is 13.6. The fourth-order valence-corrected chi connectivity index (χ4v) is 3.57. The van der Waals surface area contributed by atoms with Crippen molar-refractivity contribution in [2.75, 3.05) is 24.3 Å². The first-order valence-corrected chi connectivity index (χ1v) is 9.39. The Morgan fingerprint density at radius 3 is 2.60 bits per heavy atom. The van der Waals surface area contributed by atoms with Crippen molar-refractivity contribution in [3.8, 4) is 0 Å². The predicted octanol–water partition coefficient (Wildman–Crippen LogP) is 2.61. The van der Waals surface area contributed by atoms with Gasteiger partial charge in [0.05, 0.1) is 5.69 Å². The first kappa shape index (κ1) is 17.3. The second-order valence-corrected chi connectivity index (χ2v) is 7.15. The molecule has 0 radical (unpaired) electrons. The lowest BCUT2D eigenvalue weighted by Crippen LogP contribution is -2.26. The van der Waals surface area contributed by atoms with Crippen LogP contribution in [0.4, 0.5) is 10.1 Å². The van der Waals surface area contributed by atoms with Crippen LogP contribution in [0.5, 0.6) is 0 Å². The van der Waals surface area contributed by atoms with Crippen molar-refractivity contribution >= 4 is 27.5 Å². The first-order valence-electron chi connectivity index (χ1n) is 6.51. The molecule has 7 heteroatoms. The number of nitrogens with two attached hydrogens (primary N) is 1. The van der Waals surface area contributed by atoms with E-state index in [1.807, 2.05) is 0 Å². The smallest absolute Gasteiger partial charge is 0.245 e. The van der Waals surface area contributed by atoms with Crippen LogP contribution in [-0.2, 0) is 10.0 Å². The van der Waals surface area contributed by atoms with Gasteiger partial charge in [0, 0.05) is 6.54 Å². The number of hydrogen-bond donors (Lipinski definition) is 2. The molecule has 4 nitrogen and oxygen atoms in total. The molecule has 0 fully saturated rings. The van der Waals surface area contributed by atoms with E-state index in [1.165, 1.54) is 12.1 Å². The molecule has 0 saturated heterocycles. The molecule has 1 rings (SSSR count). The van der Waals surface area contributed by atoms with E-state index in [9.17, 15) is 12.8 Å². The normalized spacial score (nSPS) is 11.7. The zero-order chi connectivity index (χ0) is 15.0. The van der Waals surface area contributed by atoms with Crippen molar-refractivity contribution in [1.82, 2.24) is 4.72 Å². The van der Waals surface area contributed by atoms with Gasteiger partial charge in [0.2, 0.25) is 10.0 Å². The molecule has 114 valence electrons. The molecule has 1 aromatic carbocycles. The highest BCUT2D eigenvalue weighted by molar-refractivity contribution is 7.98. The van der Waals surface area contributed by atoms with Gasteiger partial charge in [0.1, 0.15) is 10.7 Å². The number of anilines is 1. The van der Waals surface area contributed by atoms with Crippen LogP contribution in [0.15, 0.2) is 23.1 Å². The summed E-state index contributed by atoms with van der Waals surface area (Å²) in [5.41, 5.74) is 5.46. The van der Waals surface area contributed by atoms with Gasteiger partial charge in [-0.25, -0.2) is 17.5 Å². The standard InChI is InChI=1S/C13H21FN2O2S2/c1-19-10-5-3-2-4-9-16-20(17,18)13-11(14)7-6-8-12(13)15/h6-8,16H,2-5,9-10,15H2,1H3. The summed E-state index contributed by atoms with van der Waals surface area (Å²) in [5.74, 6) is 0.301. The van der Waals surface area contributed by atoms with Crippen LogP contribution in [0.25, 0.3) is 0 Å². The van der Waals surface area contributed by atoms with E-state index < -0.39 is 20.7 Å². The molecule has 0 aliphatic heterocycles. The minimum absolute atomic E-state index is 0.0718. The molecule has 0 heterocycles. The highest BCUT2D eigenvalue weighted by Crippen LogP contribution is 2.21. The second-order valence-electron chi connectivity index (χ2n) is 4.46. The summed E-state index contributed by atoms with van der Waals surface area (Å²) in [6.45, 7) is 0.301. The Balaban J connectivity index is 2.46. The fraction of sp³-hybridized carbons (Fsp3) is 0.538. The molecule has 0 aliphatic rings. The molecular weight excluding hydrogens is 299 g/mol. The maximum absolute atomic E-state index is 13.6. The quantitative estimate of drug-likeness (QED) is 0.542. The Kier molecular flexibility index (Phi) is 7.32. The van der Waals surface area contributed by atoms with E-state index in [1.54, 1.807) is 11.8 Å². The Bertz CT molecular complexity index is 501. The second kappa shape index (κ2) is 8.49. The van der Waals surface area contributed by atoms with Crippen molar-refractivity contribution in [2.45, 2.75) is 30.6 Å². The van der Waals surface area contributed by atoms with Crippen molar-refractivity contribution in [3.05, 3.63) is 24.0 Å². The third-order valence-corrected chi connectivity index (χ3v) is 5.08. The number of nitrogen functional groups attached to an aromatic ring is 1. The maximum Gasteiger partial charge on any atom is 0.245 e. The highest BCUT2D eigenvalue weighted by atomic mass is 32.2. The summed E-state index contributed by atoms with van der Waals surface area (Å²) in [4.78, 5) is -0.456. The first-order chi connectivity index (χ1) is 9.49. The Hall–Kier alpha value is -0.790. The number of thioether (sulfide) groups is 1. The number of rotatable bonds is 9. The molecule has 0 amide bonds. The molecule has 0 unspecified atom stereocenters. The Morgan fingerprint density at radius 2 is 1.95 bits per heavy atom. The lowest BCUT2D eigenvalue weighted by molar-refractivity contribution is 0.554. The van der Waals surface area contributed by atoms with Crippen LogP contribution < -0.4 is 10.5 Å². The van der Waals surface area contributed by atoms with Gasteiger partial charge >= 0.3 is 0 Å². The number of halogens is 1. The summed E-state index contributed by atoms with van der Waals surface area (Å²) in [5, 5.41) is 0. The lowest BCUT2D eigenvalue weighted by atomic mass is 10.2. The average molecular weight is 320 g/mol. The van der Waals surface area contributed by atoms with E-state index >= 15 is 0 Å². The number of unbranched alkanes of at least 4 members (excludes halogenated alkanes) is 3. The summed E-state index contributed by atoms with van der Waals surface area (Å²) in [6, 6.07) is 3.85. The minimum atomic E-state index is -3.87. The van der Waals surface area contributed by atoms with E-state index in [-0.39, 0.29) is 5.69 Å². The van der Waals surface area contributed by atoms with Crippen LogP contribution in [0, 0.1) is 5.82 Å². The van der Waals surface area contributed by atoms with Crippen molar-refractivity contribution in [2.24, 2.45) is 0 Å². The molecule has 0 bridgehead atoms. The molecular formula is C13H21FN2O2S2. The van der Waals surface area contributed by atoms with E-state index in [0.717, 1.165) is 37.5 Å². The summed E-state index contributed by atoms with van der Waals surface area (Å²) in [6.07, 6.45) is 5.96. The van der Waals surface area contributed by atoms with Crippen LogP contribution in [0.1, 0.15) is 25.7 Å². The van der Waals surface area contributed by atoms with Crippen LogP contribution in [0.2, 0.25) is 0 Å². The van der Waals surface area contributed by atoms with Gasteiger partial charge in [-0.15, -0.1) is 0 Å². The molecule has 0 atom stereocenters. The number of nitrogens with one attached hydrogen (secondary N) is 1. The van der Waals surface area contributed by atoms with Gasteiger partial charge < -0.3 is 5.73 Å². The van der Waals surface area contributed by atoms with Crippen LogP contribution >= 0.6 is 11.8 Å². The molecule has 0 aliphatic carbocycles. The summed E-state index contributed by atoms with van der Waals surface area (Å²) < 4.78 is 39.9. The average Bonchev–Trinajstić information content (AvgIpc) is 2.37. The van der Waals surface area contributed by atoms with Gasteiger partial charge in [-0.2, -0.15) is 11.8 Å². The molecule has 1 aromatic rings. The van der Waals surface area contributed by atoms with Crippen molar-refractivity contribution in [1.29, 1.82) is 0 Å². The summed E-state index contributed by atoms with van der Waals surface area (Å²) >= 11 is 1.80. The van der Waals surface area contributed by atoms with Gasteiger partial charge in [-0.1, -0.05) is 18.9 Å². The fourth-order valence-electron chi connectivity index (χ4n) is 1.81. The Labute approximate surface area is 124 Å². The van der Waals surface area contributed by atoms with Gasteiger partial charge in [0.15, 0.2) is 0 Å².